The number of halogens is 1. The molecule has 6 rings (SSSR count). The Kier molecular flexibility index (Phi) is 3.25. The van der Waals surface area contributed by atoms with Crippen molar-refractivity contribution in [2.24, 2.45) is 0 Å². The van der Waals surface area contributed by atoms with E-state index in [2.05, 4.69) is 105 Å². The van der Waals surface area contributed by atoms with E-state index in [0.29, 0.717) is 0 Å². The van der Waals surface area contributed by atoms with Crippen molar-refractivity contribution in [3.63, 3.8) is 0 Å². The van der Waals surface area contributed by atoms with Gasteiger partial charge in [0, 0.05) is 41.1 Å². The number of para-hydroxylation sites is 1. The lowest BCUT2D eigenvalue weighted by atomic mass is 10.1. The number of hydrogen-bond acceptors (Lipinski definition) is 1. The van der Waals surface area contributed by atoms with E-state index in [1.165, 1.54) is 47.7 Å². The Morgan fingerprint density at radius 1 is 0.667 bits per heavy atom. The molecule has 0 saturated carbocycles. The van der Waals surface area contributed by atoms with Crippen LogP contribution in [0.1, 0.15) is 0 Å². The first kappa shape index (κ1) is 15.4. The largest absolute Gasteiger partial charge is 0.309 e. The van der Waals surface area contributed by atoms with Gasteiger partial charge < -0.3 is 4.57 Å². The Morgan fingerprint density at radius 2 is 1.44 bits per heavy atom. The van der Waals surface area contributed by atoms with Crippen molar-refractivity contribution in [2.45, 2.75) is 0 Å². The van der Waals surface area contributed by atoms with Crippen LogP contribution in [0, 0.1) is 0 Å². The van der Waals surface area contributed by atoms with Crippen LogP contribution in [0.4, 0.5) is 0 Å². The molecule has 6 aromatic rings. The van der Waals surface area contributed by atoms with Gasteiger partial charge in [0.15, 0.2) is 0 Å². The van der Waals surface area contributed by atoms with Crippen molar-refractivity contribution >= 4 is 69.2 Å². The number of hydrogen-bond donors (Lipinski definition) is 0. The number of rotatable bonds is 1. The maximum absolute atomic E-state index is 3.68. The van der Waals surface area contributed by atoms with E-state index in [-0.39, 0.29) is 0 Å². The van der Waals surface area contributed by atoms with Gasteiger partial charge in [-0.2, -0.15) is 0 Å². The number of fused-ring (bicyclic) bond motifs is 7. The predicted octanol–water partition coefficient (Wildman–Crippen LogP) is 7.91. The summed E-state index contributed by atoms with van der Waals surface area (Å²) in [5.41, 5.74) is 3.69. The average molecular weight is 428 g/mol. The number of thiophene rings is 1. The summed E-state index contributed by atoms with van der Waals surface area (Å²) in [4.78, 5) is 0. The van der Waals surface area contributed by atoms with Gasteiger partial charge in [-0.3, -0.25) is 0 Å². The third kappa shape index (κ3) is 2.16. The zero-order chi connectivity index (χ0) is 18.0. The molecule has 0 amide bonds. The average Bonchev–Trinajstić information content (AvgIpc) is 3.23. The molecule has 0 fully saturated rings. The summed E-state index contributed by atoms with van der Waals surface area (Å²) in [7, 11) is 0. The van der Waals surface area contributed by atoms with Gasteiger partial charge in [-0.05, 0) is 42.5 Å². The van der Waals surface area contributed by atoms with Gasteiger partial charge >= 0.3 is 0 Å². The molecule has 2 aromatic heterocycles. The van der Waals surface area contributed by atoms with Crippen LogP contribution in [0.25, 0.3) is 47.7 Å². The maximum Gasteiger partial charge on any atom is 0.0555 e. The Labute approximate surface area is 168 Å². The van der Waals surface area contributed by atoms with Crippen LogP contribution in [-0.2, 0) is 0 Å². The molecule has 27 heavy (non-hydrogen) atoms. The van der Waals surface area contributed by atoms with Gasteiger partial charge in [0.05, 0.1) is 11.0 Å². The Balaban J connectivity index is 1.89. The van der Waals surface area contributed by atoms with E-state index in [0.717, 1.165) is 4.47 Å². The normalized spacial score (nSPS) is 11.9. The molecule has 3 heteroatoms. The number of aromatic nitrogens is 1. The van der Waals surface area contributed by atoms with Crippen molar-refractivity contribution in [3.05, 3.63) is 89.4 Å². The molecule has 0 aliphatic heterocycles. The van der Waals surface area contributed by atoms with Crippen LogP contribution in [0.3, 0.4) is 0 Å². The first-order chi connectivity index (χ1) is 13.3. The molecule has 0 bridgehead atoms. The van der Waals surface area contributed by atoms with E-state index >= 15 is 0 Å². The zero-order valence-corrected chi connectivity index (χ0v) is 16.7. The minimum atomic E-state index is 1.11. The van der Waals surface area contributed by atoms with Crippen LogP contribution in [0.15, 0.2) is 89.4 Å². The smallest absolute Gasteiger partial charge is 0.0555 e. The summed E-state index contributed by atoms with van der Waals surface area (Å²) in [6, 6.07) is 30.5. The highest BCUT2D eigenvalue weighted by molar-refractivity contribution is 9.10. The molecule has 0 radical (unpaired) electrons. The molecule has 128 valence electrons. The van der Waals surface area contributed by atoms with E-state index in [4.69, 9.17) is 0 Å². The molecule has 0 atom stereocenters. The van der Waals surface area contributed by atoms with Crippen molar-refractivity contribution in [3.8, 4) is 5.69 Å². The minimum absolute atomic E-state index is 1.11. The van der Waals surface area contributed by atoms with Crippen LogP contribution >= 0.6 is 27.3 Å². The van der Waals surface area contributed by atoms with Gasteiger partial charge in [0.2, 0.25) is 0 Å². The maximum atomic E-state index is 3.68. The summed E-state index contributed by atoms with van der Waals surface area (Å²) < 4.78 is 6.20. The Hall–Kier alpha value is -2.62. The lowest BCUT2D eigenvalue weighted by molar-refractivity contribution is 1.18. The lowest BCUT2D eigenvalue weighted by Crippen LogP contribution is -1.92. The highest BCUT2D eigenvalue weighted by atomic mass is 79.9. The quantitative estimate of drug-likeness (QED) is 0.251. The van der Waals surface area contributed by atoms with Crippen molar-refractivity contribution in [2.75, 3.05) is 0 Å². The SMILES string of the molecule is Brc1ccc2c(c1)c1c3sc4ccccc4c3ccc1n2-c1ccccc1. The summed E-state index contributed by atoms with van der Waals surface area (Å²) in [5, 5.41) is 5.32. The predicted molar refractivity (Wildman–Crippen MR) is 121 cm³/mol. The molecule has 0 N–H and O–H groups in total. The summed E-state index contributed by atoms with van der Waals surface area (Å²) >= 11 is 5.57. The standard InChI is InChI=1S/C24H14BrNS/c25-15-10-12-20-19(14-15)23-21(26(20)16-6-2-1-3-7-16)13-11-18-17-8-4-5-9-22(17)27-24(18)23/h1-14H. The highest BCUT2D eigenvalue weighted by Crippen LogP contribution is 2.43. The fraction of sp³-hybridized carbons (Fsp3) is 0. The molecule has 0 unspecified atom stereocenters. The topological polar surface area (TPSA) is 4.93 Å². The third-order valence-corrected chi connectivity index (χ3v) is 6.95. The zero-order valence-electron chi connectivity index (χ0n) is 14.3. The van der Waals surface area contributed by atoms with Gasteiger partial charge in [-0.15, -0.1) is 11.3 Å². The fourth-order valence-corrected chi connectivity index (χ4v) is 5.73. The molecule has 2 heterocycles. The summed E-state index contributed by atoms with van der Waals surface area (Å²) in [5.74, 6) is 0. The van der Waals surface area contributed by atoms with Crippen LogP contribution < -0.4 is 0 Å². The fourth-order valence-electron chi connectivity index (χ4n) is 4.11. The van der Waals surface area contributed by atoms with E-state index in [1.807, 2.05) is 11.3 Å². The summed E-state index contributed by atoms with van der Waals surface area (Å²) in [6.07, 6.45) is 0. The number of benzene rings is 4. The molecule has 1 nitrogen and oxygen atoms in total. The third-order valence-electron chi connectivity index (χ3n) is 5.25. The van der Waals surface area contributed by atoms with Crippen molar-refractivity contribution in [1.82, 2.24) is 4.57 Å². The van der Waals surface area contributed by atoms with Gasteiger partial charge in [-0.1, -0.05) is 58.4 Å². The minimum Gasteiger partial charge on any atom is -0.309 e. The van der Waals surface area contributed by atoms with E-state index < -0.39 is 0 Å². The lowest BCUT2D eigenvalue weighted by Gasteiger charge is -2.07. The van der Waals surface area contributed by atoms with Crippen LogP contribution in [-0.4, -0.2) is 4.57 Å². The van der Waals surface area contributed by atoms with E-state index in [1.54, 1.807) is 0 Å². The number of nitrogens with zero attached hydrogens (tertiary/aromatic N) is 1. The Bertz CT molecular complexity index is 1470. The van der Waals surface area contributed by atoms with Gasteiger partial charge in [0.1, 0.15) is 0 Å². The molecule has 0 aliphatic rings. The first-order valence-corrected chi connectivity index (χ1v) is 10.5. The Morgan fingerprint density at radius 3 is 2.33 bits per heavy atom. The highest BCUT2D eigenvalue weighted by Gasteiger charge is 2.17. The molecule has 0 saturated heterocycles. The van der Waals surface area contributed by atoms with Crippen molar-refractivity contribution in [1.29, 1.82) is 0 Å². The van der Waals surface area contributed by atoms with Crippen LogP contribution in [0.2, 0.25) is 0 Å². The molecular formula is C24H14BrNS. The second-order valence-electron chi connectivity index (χ2n) is 6.77. The van der Waals surface area contributed by atoms with E-state index in [9.17, 15) is 0 Å². The molecular weight excluding hydrogens is 414 g/mol. The van der Waals surface area contributed by atoms with Crippen LogP contribution in [0.5, 0.6) is 0 Å². The molecule has 0 aliphatic carbocycles. The molecule has 0 spiro atoms. The second-order valence-corrected chi connectivity index (χ2v) is 8.73. The first-order valence-electron chi connectivity index (χ1n) is 8.90. The monoisotopic (exact) mass is 427 g/mol. The molecule has 4 aromatic carbocycles. The summed E-state index contributed by atoms with van der Waals surface area (Å²) in [6.45, 7) is 0. The van der Waals surface area contributed by atoms with Crippen molar-refractivity contribution < 1.29 is 0 Å². The van der Waals surface area contributed by atoms with Gasteiger partial charge in [0.25, 0.3) is 0 Å². The second kappa shape index (κ2) is 5.69. The van der Waals surface area contributed by atoms with Gasteiger partial charge in [-0.25, -0.2) is 0 Å².